The van der Waals surface area contributed by atoms with E-state index in [9.17, 15) is 4.79 Å². The molecule has 5 heteroatoms. The molecule has 0 atom stereocenters. The van der Waals surface area contributed by atoms with Crippen LogP contribution in [-0.2, 0) is 11.2 Å². The van der Waals surface area contributed by atoms with Gasteiger partial charge in [-0.3, -0.25) is 4.79 Å². The number of carbonyl (C=O) groups excluding carboxylic acids is 1. The van der Waals surface area contributed by atoms with Gasteiger partial charge in [-0.25, -0.2) is 0 Å². The number of rotatable bonds is 5. The summed E-state index contributed by atoms with van der Waals surface area (Å²) in [5.41, 5.74) is 0.827. The first-order chi connectivity index (χ1) is 8.78. The van der Waals surface area contributed by atoms with Crippen molar-refractivity contribution in [2.75, 3.05) is 13.1 Å². The van der Waals surface area contributed by atoms with E-state index in [-0.39, 0.29) is 11.4 Å². The van der Waals surface area contributed by atoms with Gasteiger partial charge < -0.3 is 10.6 Å². The Hall–Kier alpha value is -0.770. The van der Waals surface area contributed by atoms with Crippen molar-refractivity contribution in [2.24, 2.45) is 0 Å². The van der Waals surface area contributed by atoms with Gasteiger partial charge in [0.25, 0.3) is 0 Å². The van der Waals surface area contributed by atoms with E-state index in [1.54, 1.807) is 6.07 Å². The lowest BCUT2D eigenvalue weighted by molar-refractivity contribution is -0.121. The Morgan fingerprint density at radius 2 is 1.95 bits per heavy atom. The Bertz CT molecular complexity index is 442. The maximum Gasteiger partial charge on any atom is 0.234 e. The topological polar surface area (TPSA) is 41.1 Å². The van der Waals surface area contributed by atoms with Gasteiger partial charge in [0.15, 0.2) is 0 Å². The molecule has 3 nitrogen and oxygen atoms in total. The van der Waals surface area contributed by atoms with Gasteiger partial charge in [-0.1, -0.05) is 29.3 Å². The monoisotopic (exact) mass is 302 g/mol. The molecular weight excluding hydrogens is 283 g/mol. The van der Waals surface area contributed by atoms with E-state index in [2.05, 4.69) is 10.6 Å². The molecule has 0 radical (unpaired) electrons. The first-order valence-electron chi connectivity index (χ1n) is 6.23. The van der Waals surface area contributed by atoms with E-state index in [1.165, 1.54) is 0 Å². The fourth-order valence-corrected chi connectivity index (χ4v) is 2.11. The summed E-state index contributed by atoms with van der Waals surface area (Å²) in [5, 5.41) is 7.28. The zero-order valence-electron chi connectivity index (χ0n) is 11.5. The number of amides is 1. The Balaban J connectivity index is 2.29. The van der Waals surface area contributed by atoms with E-state index in [4.69, 9.17) is 23.2 Å². The van der Waals surface area contributed by atoms with E-state index in [1.807, 2.05) is 32.9 Å². The van der Waals surface area contributed by atoms with Gasteiger partial charge in [0.05, 0.1) is 6.54 Å². The average Bonchev–Trinajstić information content (AvgIpc) is 2.24. The first kappa shape index (κ1) is 16.3. The minimum atomic E-state index is -0.196. The van der Waals surface area contributed by atoms with Crippen LogP contribution in [0.25, 0.3) is 0 Å². The van der Waals surface area contributed by atoms with Crippen molar-refractivity contribution in [3.63, 3.8) is 0 Å². The zero-order valence-corrected chi connectivity index (χ0v) is 13.0. The first-order valence-corrected chi connectivity index (χ1v) is 6.99. The molecule has 1 rings (SSSR count). The third kappa shape index (κ3) is 6.81. The van der Waals surface area contributed by atoms with Crippen LogP contribution in [0.1, 0.15) is 26.3 Å². The number of carbonyl (C=O) groups is 1. The maximum atomic E-state index is 11.6. The third-order valence-electron chi connectivity index (χ3n) is 2.39. The van der Waals surface area contributed by atoms with Crippen LogP contribution in [0.5, 0.6) is 0 Å². The van der Waals surface area contributed by atoms with Crippen LogP contribution in [0.2, 0.25) is 10.0 Å². The maximum absolute atomic E-state index is 11.6. The van der Waals surface area contributed by atoms with Crippen molar-refractivity contribution in [3.8, 4) is 0 Å². The molecular formula is C14H20Cl2N2O. The van der Waals surface area contributed by atoms with Crippen LogP contribution in [0.4, 0.5) is 0 Å². The molecule has 0 saturated carbocycles. The van der Waals surface area contributed by atoms with E-state index >= 15 is 0 Å². The molecule has 0 aliphatic heterocycles. The minimum absolute atomic E-state index is 0.00490. The summed E-state index contributed by atoms with van der Waals surface area (Å²) in [6.07, 6.45) is 0.763. The van der Waals surface area contributed by atoms with E-state index in [0.717, 1.165) is 12.0 Å². The summed E-state index contributed by atoms with van der Waals surface area (Å²) in [6, 6.07) is 5.45. The lowest BCUT2D eigenvalue weighted by Gasteiger charge is -2.20. The highest BCUT2D eigenvalue weighted by Crippen LogP contribution is 2.20. The molecule has 0 aliphatic rings. The summed E-state index contributed by atoms with van der Waals surface area (Å²) < 4.78 is 0. The summed E-state index contributed by atoms with van der Waals surface area (Å²) in [4.78, 5) is 11.6. The van der Waals surface area contributed by atoms with Gasteiger partial charge >= 0.3 is 0 Å². The Morgan fingerprint density at radius 3 is 2.53 bits per heavy atom. The highest BCUT2D eigenvalue weighted by atomic mass is 35.5. The van der Waals surface area contributed by atoms with Crippen molar-refractivity contribution in [1.29, 1.82) is 0 Å². The molecule has 0 aliphatic carbocycles. The SMILES string of the molecule is CC(C)(C)NC(=O)CNCCc1ccc(Cl)cc1Cl. The average molecular weight is 303 g/mol. The minimum Gasteiger partial charge on any atom is -0.350 e. The summed E-state index contributed by atoms with van der Waals surface area (Å²) in [6.45, 7) is 6.87. The van der Waals surface area contributed by atoms with Crippen molar-refractivity contribution in [3.05, 3.63) is 33.8 Å². The number of benzene rings is 1. The van der Waals surface area contributed by atoms with Crippen LogP contribution in [0, 0.1) is 0 Å². The van der Waals surface area contributed by atoms with Crippen LogP contribution in [0.15, 0.2) is 18.2 Å². The highest BCUT2D eigenvalue weighted by Gasteiger charge is 2.12. The Kier molecular flexibility index (Phi) is 6.11. The standard InChI is InChI=1S/C14H20Cl2N2O/c1-14(2,3)18-13(19)9-17-7-6-10-4-5-11(15)8-12(10)16/h4-5,8,17H,6-7,9H2,1-3H3,(H,18,19). The highest BCUT2D eigenvalue weighted by molar-refractivity contribution is 6.35. The predicted octanol–water partition coefficient (Wildman–Crippen LogP) is 3.04. The molecule has 0 unspecified atom stereocenters. The molecule has 0 bridgehead atoms. The zero-order chi connectivity index (χ0) is 14.5. The molecule has 0 fully saturated rings. The lowest BCUT2D eigenvalue weighted by atomic mass is 10.1. The number of halogens is 2. The smallest absolute Gasteiger partial charge is 0.234 e. The van der Waals surface area contributed by atoms with Crippen molar-refractivity contribution < 1.29 is 4.79 Å². The second-order valence-electron chi connectivity index (χ2n) is 5.46. The van der Waals surface area contributed by atoms with Gasteiger partial charge in [-0.15, -0.1) is 0 Å². The molecule has 0 spiro atoms. The van der Waals surface area contributed by atoms with Crippen LogP contribution >= 0.6 is 23.2 Å². The lowest BCUT2D eigenvalue weighted by Crippen LogP contribution is -2.45. The quantitative estimate of drug-likeness (QED) is 0.821. The molecule has 1 amide bonds. The Labute approximate surface area is 124 Å². The van der Waals surface area contributed by atoms with Crippen LogP contribution < -0.4 is 10.6 Å². The Morgan fingerprint density at radius 1 is 1.26 bits per heavy atom. The van der Waals surface area contributed by atoms with Gasteiger partial charge in [-0.05, 0) is 51.4 Å². The van der Waals surface area contributed by atoms with E-state index < -0.39 is 0 Å². The molecule has 1 aromatic carbocycles. The van der Waals surface area contributed by atoms with Gasteiger partial charge in [0, 0.05) is 15.6 Å². The van der Waals surface area contributed by atoms with Gasteiger partial charge in [-0.2, -0.15) is 0 Å². The van der Waals surface area contributed by atoms with E-state index in [0.29, 0.717) is 23.1 Å². The summed E-state index contributed by atoms with van der Waals surface area (Å²) in [5.74, 6) is -0.00490. The molecule has 2 N–H and O–H groups in total. The molecule has 0 saturated heterocycles. The summed E-state index contributed by atoms with van der Waals surface area (Å²) >= 11 is 11.9. The normalized spacial score (nSPS) is 11.4. The number of hydrogen-bond acceptors (Lipinski definition) is 2. The van der Waals surface area contributed by atoms with Gasteiger partial charge in [0.1, 0.15) is 0 Å². The molecule has 19 heavy (non-hydrogen) atoms. The molecule has 1 aromatic rings. The molecule has 106 valence electrons. The van der Waals surface area contributed by atoms with Crippen LogP contribution in [0.3, 0.4) is 0 Å². The predicted molar refractivity (Wildman–Crippen MR) is 80.9 cm³/mol. The van der Waals surface area contributed by atoms with Crippen molar-refractivity contribution in [2.45, 2.75) is 32.7 Å². The van der Waals surface area contributed by atoms with Crippen molar-refractivity contribution >= 4 is 29.1 Å². The second-order valence-corrected chi connectivity index (χ2v) is 6.30. The number of hydrogen-bond donors (Lipinski definition) is 2. The van der Waals surface area contributed by atoms with Crippen molar-refractivity contribution in [1.82, 2.24) is 10.6 Å². The molecule has 0 heterocycles. The largest absolute Gasteiger partial charge is 0.350 e. The third-order valence-corrected chi connectivity index (χ3v) is 2.97. The van der Waals surface area contributed by atoms with Gasteiger partial charge in [0.2, 0.25) is 5.91 Å². The second kappa shape index (κ2) is 7.13. The fourth-order valence-electron chi connectivity index (χ4n) is 1.61. The molecule has 0 aromatic heterocycles. The summed E-state index contributed by atoms with van der Waals surface area (Å²) in [7, 11) is 0. The van der Waals surface area contributed by atoms with Crippen LogP contribution in [-0.4, -0.2) is 24.5 Å². The fraction of sp³-hybridized carbons (Fsp3) is 0.500. The number of nitrogens with one attached hydrogen (secondary N) is 2.